The van der Waals surface area contributed by atoms with E-state index in [4.69, 9.17) is 51.1 Å². The van der Waals surface area contributed by atoms with Crippen molar-refractivity contribution in [2.24, 2.45) is 0 Å². The topological polar surface area (TPSA) is 356 Å². The highest BCUT2D eigenvalue weighted by molar-refractivity contribution is 5.71. The second kappa shape index (κ2) is 111. The maximum Gasteiger partial charge on any atom is 0.332 e. The molecule has 0 aliphatic carbocycles. The Balaban J connectivity index is -0.000000138. The van der Waals surface area contributed by atoms with Crippen LogP contribution in [-0.4, -0.2) is 111 Å². The molecular weight excluding hydrogens is 1310 g/mol. The summed E-state index contributed by atoms with van der Waals surface area (Å²) >= 11 is 0. The average molecular weight is 1480 g/mol. The second-order valence-electron chi connectivity index (χ2n) is 27.4. The van der Waals surface area contributed by atoms with Crippen molar-refractivity contribution in [1.29, 1.82) is 0 Å². The zero-order chi connectivity index (χ0) is 79.7. The predicted octanol–water partition coefficient (Wildman–Crippen LogP) is 25.5. The van der Waals surface area contributed by atoms with E-state index in [1.807, 2.05) is 0 Å². The first-order valence-electron chi connectivity index (χ1n) is 42.0. The van der Waals surface area contributed by atoms with Crippen LogP contribution in [-0.2, 0) is 43.2 Å². The first-order valence-corrected chi connectivity index (χ1v) is 42.0. The van der Waals surface area contributed by atoms with E-state index in [1.54, 1.807) is 6.92 Å². The molecule has 0 fully saturated rings. The van der Waals surface area contributed by atoms with Crippen molar-refractivity contribution in [2.75, 3.05) is 0 Å². The SMILES string of the molecule is CCC(O)C(=O)O.CCCCCCCCCC(=O)O.CCCCCCCCCC(=O)O.CCCCCCCCCC(=O)O.CCCCCCCCCC(=O)O.CCCCCCCCCC(=O)O.CCCCCCCCCC(=O)O.CCCCCCCCCC(=O)O.CCCCCCCCCC(=O)O. The minimum atomic E-state index is -1.18. The number of rotatable bonds is 66. The lowest BCUT2D eigenvalue weighted by atomic mass is 10.1. The van der Waals surface area contributed by atoms with Crippen molar-refractivity contribution in [1.82, 2.24) is 0 Å². The van der Waals surface area contributed by atoms with Crippen LogP contribution in [0.3, 0.4) is 0 Å². The van der Waals surface area contributed by atoms with Gasteiger partial charge in [-0.1, -0.05) is 371 Å². The first-order chi connectivity index (χ1) is 49.3. The molecule has 618 valence electrons. The number of aliphatic carboxylic acids is 9. The van der Waals surface area contributed by atoms with E-state index in [0.29, 0.717) is 51.4 Å². The lowest BCUT2D eigenvalue weighted by molar-refractivity contribution is -0.147. The summed E-state index contributed by atoms with van der Waals surface area (Å²) in [5.74, 6) is -6.46. The molecule has 0 saturated carbocycles. The van der Waals surface area contributed by atoms with Gasteiger partial charge in [0.05, 0.1) is 0 Å². The van der Waals surface area contributed by atoms with E-state index in [2.05, 4.69) is 55.4 Å². The van der Waals surface area contributed by atoms with E-state index in [0.717, 1.165) is 103 Å². The normalized spacial score (nSPS) is 10.3. The van der Waals surface area contributed by atoms with E-state index in [9.17, 15) is 43.2 Å². The quantitative estimate of drug-likeness (QED) is 0.0253. The molecule has 0 aliphatic rings. The lowest BCUT2D eigenvalue weighted by Crippen LogP contribution is -2.17. The number of hydrogen-bond donors (Lipinski definition) is 10. The van der Waals surface area contributed by atoms with Crippen LogP contribution in [0, 0.1) is 0 Å². The largest absolute Gasteiger partial charge is 0.481 e. The molecule has 10 N–H and O–H groups in total. The third-order valence-electron chi connectivity index (χ3n) is 16.6. The minimum absolute atomic E-state index is 0.273. The Morgan fingerprint density at radius 3 is 0.311 bits per heavy atom. The van der Waals surface area contributed by atoms with Gasteiger partial charge in [-0.3, -0.25) is 38.4 Å². The van der Waals surface area contributed by atoms with Gasteiger partial charge < -0.3 is 51.1 Å². The van der Waals surface area contributed by atoms with E-state index in [1.165, 1.54) is 257 Å². The Hall–Kier alpha value is -4.81. The smallest absolute Gasteiger partial charge is 0.332 e. The molecule has 0 aromatic carbocycles. The third kappa shape index (κ3) is 164. The van der Waals surface area contributed by atoms with Crippen LogP contribution in [0.5, 0.6) is 0 Å². The lowest BCUT2D eigenvalue weighted by Gasteiger charge is -1.98. The van der Waals surface area contributed by atoms with Gasteiger partial charge in [0.1, 0.15) is 0 Å². The van der Waals surface area contributed by atoms with Crippen molar-refractivity contribution in [3.63, 3.8) is 0 Å². The van der Waals surface area contributed by atoms with Crippen molar-refractivity contribution in [3.05, 3.63) is 0 Å². The Kier molecular flexibility index (Phi) is 125. The Labute approximate surface area is 630 Å². The zero-order valence-electron chi connectivity index (χ0n) is 68.2. The first kappa shape index (κ1) is 117. The molecule has 19 nitrogen and oxygen atoms in total. The molecule has 19 heteroatoms. The molecule has 0 bridgehead atoms. The highest BCUT2D eigenvalue weighted by Gasteiger charge is 2.08. The van der Waals surface area contributed by atoms with E-state index >= 15 is 0 Å². The van der Waals surface area contributed by atoms with Gasteiger partial charge in [0.15, 0.2) is 6.10 Å². The standard InChI is InChI=1S/8C10H20O2.C4H8O3/c8*1-2-3-4-5-6-7-8-9-10(11)12;1-2-3(5)4(6)7/h8*2-9H2,1H3,(H,11,12);3,5H,2H2,1H3,(H,6,7). The summed E-state index contributed by atoms with van der Waals surface area (Å²) in [6.07, 6.45) is 68.2. The molecule has 0 spiro atoms. The fraction of sp³-hybridized carbons (Fsp3) is 0.893. The summed E-state index contributed by atoms with van der Waals surface area (Å²) in [6.45, 7) is 19.2. The molecule has 0 radical (unpaired) electrons. The highest BCUT2D eigenvalue weighted by Crippen LogP contribution is 2.14. The predicted molar refractivity (Wildman–Crippen MR) is 426 cm³/mol. The minimum Gasteiger partial charge on any atom is -0.481 e. The van der Waals surface area contributed by atoms with Crippen LogP contribution in [0.25, 0.3) is 0 Å². The molecule has 0 aliphatic heterocycles. The molecule has 1 unspecified atom stereocenters. The van der Waals surface area contributed by atoms with Gasteiger partial charge in [-0.15, -0.1) is 0 Å². The summed E-state index contributed by atoms with van der Waals surface area (Å²) in [5, 5.41) is 83.1. The fourth-order valence-corrected chi connectivity index (χ4v) is 10.0. The molecule has 0 aromatic rings. The van der Waals surface area contributed by atoms with Gasteiger partial charge >= 0.3 is 53.7 Å². The van der Waals surface area contributed by atoms with Crippen LogP contribution in [0.2, 0.25) is 0 Å². The second-order valence-corrected chi connectivity index (χ2v) is 27.4. The van der Waals surface area contributed by atoms with Crippen molar-refractivity contribution >= 4 is 53.7 Å². The number of carboxylic acids is 9. The molecule has 1 atom stereocenters. The Morgan fingerprint density at radius 2 is 0.252 bits per heavy atom. The van der Waals surface area contributed by atoms with Crippen LogP contribution in [0.15, 0.2) is 0 Å². The van der Waals surface area contributed by atoms with E-state index in [-0.39, 0.29) is 6.42 Å². The highest BCUT2D eigenvalue weighted by atomic mass is 16.4. The monoisotopic (exact) mass is 1480 g/mol. The van der Waals surface area contributed by atoms with Crippen LogP contribution >= 0.6 is 0 Å². The maximum atomic E-state index is 10.1. The van der Waals surface area contributed by atoms with Crippen LogP contribution in [0.1, 0.15) is 480 Å². The van der Waals surface area contributed by atoms with Gasteiger partial charge in [-0.05, 0) is 57.8 Å². The van der Waals surface area contributed by atoms with Gasteiger partial charge in [-0.25, -0.2) is 4.79 Å². The molecule has 0 amide bonds. The van der Waals surface area contributed by atoms with Crippen molar-refractivity contribution < 1.29 is 94.2 Å². The molecule has 0 rings (SSSR count). The average Bonchev–Trinajstić information content (AvgIpc) is 3.72. The molecule has 0 heterocycles. The van der Waals surface area contributed by atoms with Crippen molar-refractivity contribution in [2.45, 2.75) is 486 Å². The molecule has 0 aromatic heterocycles. The third-order valence-corrected chi connectivity index (χ3v) is 16.6. The molecule has 103 heavy (non-hydrogen) atoms. The van der Waals surface area contributed by atoms with E-state index < -0.39 is 59.8 Å². The van der Waals surface area contributed by atoms with Gasteiger partial charge in [0, 0.05) is 51.4 Å². The number of aliphatic hydroxyl groups excluding tert-OH is 1. The maximum absolute atomic E-state index is 10.1. The zero-order valence-corrected chi connectivity index (χ0v) is 68.2. The Morgan fingerprint density at radius 1 is 0.165 bits per heavy atom. The Bertz CT molecular complexity index is 1390. The van der Waals surface area contributed by atoms with Gasteiger partial charge in [-0.2, -0.15) is 0 Å². The summed E-state index contributed by atoms with van der Waals surface area (Å²) < 4.78 is 0. The number of carbonyl (C=O) groups is 9. The summed E-state index contributed by atoms with van der Waals surface area (Å²) in [6, 6.07) is 0. The summed E-state index contributed by atoms with van der Waals surface area (Å²) in [5.41, 5.74) is 0. The molecular formula is C84H168O19. The number of aliphatic hydroxyl groups is 1. The summed E-state index contributed by atoms with van der Waals surface area (Å²) in [7, 11) is 0. The fourth-order valence-electron chi connectivity index (χ4n) is 10.0. The number of carboxylic acid groups (broad SMARTS) is 9. The van der Waals surface area contributed by atoms with Crippen molar-refractivity contribution in [3.8, 4) is 0 Å². The van der Waals surface area contributed by atoms with Crippen LogP contribution < -0.4 is 0 Å². The summed E-state index contributed by atoms with van der Waals surface area (Å²) in [4.78, 5) is 90.8. The molecule has 0 saturated heterocycles. The van der Waals surface area contributed by atoms with Gasteiger partial charge in [0.25, 0.3) is 0 Å². The van der Waals surface area contributed by atoms with Gasteiger partial charge in [0.2, 0.25) is 0 Å². The number of unbranched alkanes of at least 4 members (excludes halogenated alkanes) is 48. The van der Waals surface area contributed by atoms with Crippen LogP contribution in [0.4, 0.5) is 0 Å². The number of hydrogen-bond acceptors (Lipinski definition) is 10.